The topological polar surface area (TPSA) is 40.5 Å². The van der Waals surface area contributed by atoms with Gasteiger partial charge in [-0.1, -0.05) is 44.5 Å². The highest BCUT2D eigenvalue weighted by Gasteiger charge is 2.14. The van der Waals surface area contributed by atoms with Crippen LogP contribution in [0.5, 0.6) is 0 Å². The lowest BCUT2D eigenvalue weighted by Gasteiger charge is -2.29. The summed E-state index contributed by atoms with van der Waals surface area (Å²) in [5, 5.41) is 9.01. The van der Waals surface area contributed by atoms with E-state index in [1.54, 1.807) is 0 Å². The molecule has 0 bridgehead atoms. The molecule has 3 nitrogen and oxygen atoms in total. The predicted molar refractivity (Wildman–Crippen MR) is 82.9 cm³/mol. The van der Waals surface area contributed by atoms with Crippen molar-refractivity contribution in [3.8, 4) is 0 Å². The summed E-state index contributed by atoms with van der Waals surface area (Å²) in [5.41, 5.74) is 2.08. The molecule has 112 valence electrons. The van der Waals surface area contributed by atoms with Crippen molar-refractivity contribution in [2.45, 2.75) is 59.0 Å². The Balaban J connectivity index is 2.83. The van der Waals surface area contributed by atoms with E-state index in [-0.39, 0.29) is 6.42 Å². The second kappa shape index (κ2) is 8.75. The fraction of sp³-hybridized carbons (Fsp3) is 0.588. The molecule has 0 fully saturated rings. The zero-order valence-corrected chi connectivity index (χ0v) is 12.9. The van der Waals surface area contributed by atoms with Crippen LogP contribution in [0.2, 0.25) is 0 Å². The number of hydrogen-bond acceptors (Lipinski definition) is 2. The van der Waals surface area contributed by atoms with Gasteiger partial charge in [-0.25, -0.2) is 0 Å². The molecule has 0 amide bonds. The summed E-state index contributed by atoms with van der Waals surface area (Å²) in [7, 11) is 0. The molecule has 0 heterocycles. The van der Waals surface area contributed by atoms with Crippen LogP contribution < -0.4 is 0 Å². The van der Waals surface area contributed by atoms with Crippen molar-refractivity contribution >= 4 is 5.97 Å². The Bertz CT molecular complexity index is 417. The van der Waals surface area contributed by atoms with E-state index in [2.05, 4.69) is 31.7 Å². The van der Waals surface area contributed by atoms with E-state index in [9.17, 15) is 4.79 Å². The summed E-state index contributed by atoms with van der Waals surface area (Å²) in [4.78, 5) is 13.4. The van der Waals surface area contributed by atoms with Crippen LogP contribution in [0, 0.1) is 0 Å². The van der Waals surface area contributed by atoms with Crippen LogP contribution in [0.4, 0.5) is 0 Å². The molecule has 0 aliphatic rings. The average molecular weight is 277 g/mol. The second-order valence-electron chi connectivity index (χ2n) is 5.42. The van der Waals surface area contributed by atoms with Gasteiger partial charge >= 0.3 is 5.97 Å². The minimum absolute atomic E-state index is 0.109. The normalized spacial score (nSPS) is 12.6. The third-order valence-electron chi connectivity index (χ3n) is 3.85. The highest BCUT2D eigenvalue weighted by atomic mass is 16.4. The van der Waals surface area contributed by atoms with Crippen LogP contribution in [-0.4, -0.2) is 28.6 Å². The largest absolute Gasteiger partial charge is 0.481 e. The molecule has 1 rings (SSSR count). The monoisotopic (exact) mass is 277 g/mol. The minimum Gasteiger partial charge on any atom is -0.481 e. The van der Waals surface area contributed by atoms with Crippen molar-refractivity contribution in [3.63, 3.8) is 0 Å². The van der Waals surface area contributed by atoms with E-state index < -0.39 is 5.97 Å². The van der Waals surface area contributed by atoms with E-state index in [4.69, 9.17) is 5.11 Å². The first-order valence-corrected chi connectivity index (χ1v) is 7.61. The number of aliphatic carboxylic acids is 1. The van der Waals surface area contributed by atoms with Crippen molar-refractivity contribution in [3.05, 3.63) is 35.4 Å². The van der Waals surface area contributed by atoms with Gasteiger partial charge in [-0.05, 0) is 37.4 Å². The third-order valence-corrected chi connectivity index (χ3v) is 3.85. The molecule has 1 aromatic rings. The maximum Gasteiger partial charge on any atom is 0.307 e. The van der Waals surface area contributed by atoms with E-state index >= 15 is 0 Å². The minimum atomic E-state index is -0.763. The first-order chi connectivity index (χ1) is 9.58. The van der Waals surface area contributed by atoms with E-state index in [0.717, 1.165) is 30.6 Å². The van der Waals surface area contributed by atoms with Crippen LogP contribution in [0.15, 0.2) is 24.3 Å². The maximum absolute atomic E-state index is 11.0. The number of carbonyl (C=O) groups is 1. The summed E-state index contributed by atoms with van der Waals surface area (Å²) < 4.78 is 0. The number of carboxylic acid groups (broad SMARTS) is 1. The Morgan fingerprint density at radius 2 is 1.90 bits per heavy atom. The van der Waals surface area contributed by atoms with Gasteiger partial charge in [0.15, 0.2) is 0 Å². The van der Waals surface area contributed by atoms with Crippen LogP contribution >= 0.6 is 0 Å². The van der Waals surface area contributed by atoms with Crippen LogP contribution in [0.3, 0.4) is 0 Å². The van der Waals surface area contributed by atoms with Crippen molar-refractivity contribution in [1.29, 1.82) is 0 Å². The Labute approximate surface area is 122 Å². The van der Waals surface area contributed by atoms with Gasteiger partial charge in [0.05, 0.1) is 6.42 Å². The Hall–Kier alpha value is -1.35. The van der Waals surface area contributed by atoms with Crippen LogP contribution in [0.1, 0.15) is 51.2 Å². The SMILES string of the molecule is CCCCN(Cc1ccccc1CC(=O)O)C(C)CC. The van der Waals surface area contributed by atoms with Gasteiger partial charge in [-0.3, -0.25) is 9.69 Å². The van der Waals surface area contributed by atoms with Crippen molar-refractivity contribution in [1.82, 2.24) is 4.90 Å². The molecule has 1 N–H and O–H groups in total. The molecule has 1 aromatic carbocycles. The van der Waals surface area contributed by atoms with Gasteiger partial charge in [0.2, 0.25) is 0 Å². The molecule has 0 spiro atoms. The molecule has 1 unspecified atom stereocenters. The van der Waals surface area contributed by atoms with Gasteiger partial charge < -0.3 is 5.11 Å². The van der Waals surface area contributed by atoms with Crippen LogP contribution in [0.25, 0.3) is 0 Å². The average Bonchev–Trinajstić information content (AvgIpc) is 2.43. The molecule has 0 saturated carbocycles. The molecule has 0 aliphatic carbocycles. The Kier molecular flexibility index (Phi) is 7.31. The zero-order chi connectivity index (χ0) is 15.0. The fourth-order valence-electron chi connectivity index (χ4n) is 2.34. The van der Waals surface area contributed by atoms with Crippen molar-refractivity contribution in [2.24, 2.45) is 0 Å². The van der Waals surface area contributed by atoms with Crippen LogP contribution in [-0.2, 0) is 17.8 Å². The zero-order valence-electron chi connectivity index (χ0n) is 12.9. The lowest BCUT2D eigenvalue weighted by atomic mass is 10.0. The molecular weight excluding hydrogens is 250 g/mol. The fourth-order valence-corrected chi connectivity index (χ4v) is 2.34. The van der Waals surface area contributed by atoms with Gasteiger partial charge in [-0.15, -0.1) is 0 Å². The van der Waals surface area contributed by atoms with E-state index in [0.29, 0.717) is 6.04 Å². The highest BCUT2D eigenvalue weighted by Crippen LogP contribution is 2.16. The number of nitrogens with zero attached hydrogens (tertiary/aromatic N) is 1. The number of benzene rings is 1. The van der Waals surface area contributed by atoms with Crippen molar-refractivity contribution in [2.75, 3.05) is 6.54 Å². The molecule has 0 saturated heterocycles. The molecular formula is C17H27NO2. The molecule has 0 aromatic heterocycles. The number of carboxylic acids is 1. The molecule has 3 heteroatoms. The van der Waals surface area contributed by atoms with Gasteiger partial charge in [-0.2, -0.15) is 0 Å². The summed E-state index contributed by atoms with van der Waals surface area (Å²) in [5.74, 6) is -0.763. The Morgan fingerprint density at radius 3 is 2.45 bits per heavy atom. The van der Waals surface area contributed by atoms with Crippen molar-refractivity contribution < 1.29 is 9.90 Å². The summed E-state index contributed by atoms with van der Waals surface area (Å²) in [6.45, 7) is 8.57. The smallest absolute Gasteiger partial charge is 0.307 e. The van der Waals surface area contributed by atoms with E-state index in [1.807, 2.05) is 18.2 Å². The first-order valence-electron chi connectivity index (χ1n) is 7.61. The maximum atomic E-state index is 11.0. The number of hydrogen-bond donors (Lipinski definition) is 1. The summed E-state index contributed by atoms with van der Waals surface area (Å²) in [6, 6.07) is 8.42. The number of unbranched alkanes of at least 4 members (excludes halogenated alkanes) is 1. The number of rotatable bonds is 9. The lowest BCUT2D eigenvalue weighted by molar-refractivity contribution is -0.136. The van der Waals surface area contributed by atoms with Gasteiger partial charge in [0.1, 0.15) is 0 Å². The first kappa shape index (κ1) is 16.7. The molecule has 0 aliphatic heterocycles. The standard InChI is InChI=1S/C17H27NO2/c1-4-6-11-18(14(3)5-2)13-16-10-8-7-9-15(16)12-17(19)20/h7-10,14H,4-6,11-13H2,1-3H3,(H,19,20). The summed E-state index contributed by atoms with van der Waals surface area (Å²) in [6.07, 6.45) is 3.60. The predicted octanol–water partition coefficient (Wildman–Crippen LogP) is 3.71. The second-order valence-corrected chi connectivity index (χ2v) is 5.42. The molecule has 1 atom stereocenters. The third kappa shape index (κ3) is 5.33. The van der Waals surface area contributed by atoms with Gasteiger partial charge in [0.25, 0.3) is 0 Å². The van der Waals surface area contributed by atoms with E-state index in [1.165, 1.54) is 12.8 Å². The lowest BCUT2D eigenvalue weighted by Crippen LogP contribution is -2.33. The molecule has 0 radical (unpaired) electrons. The summed E-state index contributed by atoms with van der Waals surface area (Å²) >= 11 is 0. The van der Waals surface area contributed by atoms with Gasteiger partial charge in [0, 0.05) is 12.6 Å². The molecule has 20 heavy (non-hydrogen) atoms. The quantitative estimate of drug-likeness (QED) is 0.748. The Morgan fingerprint density at radius 1 is 1.25 bits per heavy atom. The highest BCUT2D eigenvalue weighted by molar-refractivity contribution is 5.70.